The number of halogens is 1. The molecule has 0 radical (unpaired) electrons. The zero-order valence-electron chi connectivity index (χ0n) is 20.7. The van der Waals surface area contributed by atoms with Crippen molar-refractivity contribution in [2.45, 2.75) is 13.3 Å². The van der Waals surface area contributed by atoms with Gasteiger partial charge in [-0.2, -0.15) is 5.10 Å². The van der Waals surface area contributed by atoms with Crippen LogP contribution in [0.15, 0.2) is 60.8 Å². The summed E-state index contributed by atoms with van der Waals surface area (Å²) in [6.45, 7) is 4.07. The van der Waals surface area contributed by atoms with Crippen LogP contribution in [0.1, 0.15) is 37.5 Å². The van der Waals surface area contributed by atoms with E-state index in [-0.39, 0.29) is 23.7 Å². The number of esters is 1. The predicted octanol–water partition coefficient (Wildman–Crippen LogP) is 3.32. The van der Waals surface area contributed by atoms with Crippen LogP contribution in [-0.2, 0) is 11.2 Å². The monoisotopic (exact) mass is 515 g/mol. The molecule has 38 heavy (non-hydrogen) atoms. The highest BCUT2D eigenvalue weighted by Gasteiger charge is 2.30. The maximum Gasteiger partial charge on any atom is 0.412 e. The highest BCUT2D eigenvalue weighted by molar-refractivity contribution is 6.03. The molecule has 1 aliphatic heterocycles. The van der Waals surface area contributed by atoms with Crippen molar-refractivity contribution in [2.24, 2.45) is 5.73 Å². The SMILES string of the molecule is Cc1c(F)cccc1Cc1c(-c2ccccc2)c2cc(C(=O)OC(N)=O)cnn2c1C(=O)N1CCNCC1. The molecule has 1 aliphatic rings. The molecule has 4 aromatic rings. The van der Waals surface area contributed by atoms with Crippen molar-refractivity contribution in [3.05, 3.63) is 94.6 Å². The molecule has 0 bridgehead atoms. The molecule has 0 saturated carbocycles. The lowest BCUT2D eigenvalue weighted by Gasteiger charge is -2.27. The molecule has 2 aromatic heterocycles. The average molecular weight is 516 g/mol. The van der Waals surface area contributed by atoms with Gasteiger partial charge in [-0.25, -0.2) is 18.5 Å². The van der Waals surface area contributed by atoms with Crippen molar-refractivity contribution >= 4 is 23.5 Å². The van der Waals surface area contributed by atoms with E-state index in [1.54, 1.807) is 17.9 Å². The van der Waals surface area contributed by atoms with E-state index in [4.69, 9.17) is 5.73 Å². The summed E-state index contributed by atoms with van der Waals surface area (Å²) in [6, 6.07) is 15.8. The maximum atomic E-state index is 14.5. The molecular formula is C28H26FN5O4. The summed E-state index contributed by atoms with van der Waals surface area (Å²) >= 11 is 0. The predicted molar refractivity (Wildman–Crippen MR) is 138 cm³/mol. The minimum atomic E-state index is -1.23. The Bertz CT molecular complexity index is 1540. The molecule has 9 nitrogen and oxygen atoms in total. The fourth-order valence-corrected chi connectivity index (χ4v) is 4.82. The van der Waals surface area contributed by atoms with Gasteiger partial charge in [0.25, 0.3) is 5.91 Å². The normalized spacial score (nSPS) is 13.5. The molecule has 2 amide bonds. The van der Waals surface area contributed by atoms with Gasteiger partial charge in [0.15, 0.2) is 0 Å². The second-order valence-corrected chi connectivity index (χ2v) is 9.06. The smallest absolute Gasteiger partial charge is 0.373 e. The van der Waals surface area contributed by atoms with Gasteiger partial charge in [0, 0.05) is 38.2 Å². The Balaban J connectivity index is 1.79. The van der Waals surface area contributed by atoms with Crippen molar-refractivity contribution in [3.8, 4) is 11.1 Å². The van der Waals surface area contributed by atoms with Crippen LogP contribution in [0.4, 0.5) is 9.18 Å². The lowest BCUT2D eigenvalue weighted by atomic mass is 9.93. The van der Waals surface area contributed by atoms with E-state index in [9.17, 15) is 18.8 Å². The topological polar surface area (TPSA) is 119 Å². The van der Waals surface area contributed by atoms with Crippen molar-refractivity contribution in [1.29, 1.82) is 0 Å². The lowest BCUT2D eigenvalue weighted by Crippen LogP contribution is -2.47. The Labute approximate surface area is 218 Å². The highest BCUT2D eigenvalue weighted by Crippen LogP contribution is 2.36. The molecule has 5 rings (SSSR count). The largest absolute Gasteiger partial charge is 0.412 e. The molecule has 194 valence electrons. The first-order valence-electron chi connectivity index (χ1n) is 12.2. The van der Waals surface area contributed by atoms with E-state index >= 15 is 0 Å². The van der Waals surface area contributed by atoms with Gasteiger partial charge >= 0.3 is 12.1 Å². The summed E-state index contributed by atoms with van der Waals surface area (Å²) in [5, 5.41) is 7.69. The van der Waals surface area contributed by atoms with Crippen LogP contribution >= 0.6 is 0 Å². The van der Waals surface area contributed by atoms with Gasteiger partial charge in [0.1, 0.15) is 11.5 Å². The first kappa shape index (κ1) is 25.1. The summed E-state index contributed by atoms with van der Waals surface area (Å²) in [5.74, 6) is -1.50. The molecule has 2 aromatic carbocycles. The number of ether oxygens (including phenoxy) is 1. The van der Waals surface area contributed by atoms with Gasteiger partial charge in [-0.15, -0.1) is 0 Å². The summed E-state index contributed by atoms with van der Waals surface area (Å²) < 4.78 is 20.6. The quantitative estimate of drug-likeness (QED) is 0.311. The Morgan fingerprint density at radius 2 is 1.82 bits per heavy atom. The Morgan fingerprint density at radius 1 is 1.08 bits per heavy atom. The van der Waals surface area contributed by atoms with Crippen molar-refractivity contribution in [2.75, 3.05) is 26.2 Å². The number of primary amides is 1. The highest BCUT2D eigenvalue weighted by atomic mass is 19.1. The molecule has 3 N–H and O–H groups in total. The third-order valence-corrected chi connectivity index (χ3v) is 6.73. The first-order chi connectivity index (χ1) is 18.3. The number of piperazine rings is 1. The van der Waals surface area contributed by atoms with Crippen LogP contribution in [0.3, 0.4) is 0 Å². The standard InChI is InChI=1S/C28H26FN5O4/c1-17-19(8-5-9-22(17)29)14-21-24(18-6-3-2-4-7-18)23-15-20(27(36)38-28(30)37)16-32-34(23)25(21)26(35)33-12-10-31-11-13-33/h2-9,15-16,31H,10-14H2,1H3,(H2,30,37). The summed E-state index contributed by atoms with van der Waals surface area (Å²) in [5.41, 5.74) is 9.16. The van der Waals surface area contributed by atoms with E-state index in [0.717, 1.165) is 11.1 Å². The Kier molecular flexibility index (Phi) is 6.89. The number of amides is 2. The molecule has 3 heterocycles. The first-order valence-corrected chi connectivity index (χ1v) is 12.2. The number of hydrogen-bond donors (Lipinski definition) is 2. The van der Waals surface area contributed by atoms with Gasteiger partial charge in [-0.05, 0) is 41.3 Å². The summed E-state index contributed by atoms with van der Waals surface area (Å²) in [6.07, 6.45) is 0.259. The van der Waals surface area contributed by atoms with Crippen LogP contribution in [0.2, 0.25) is 0 Å². The summed E-state index contributed by atoms with van der Waals surface area (Å²) in [7, 11) is 0. The molecule has 1 saturated heterocycles. The third-order valence-electron chi connectivity index (χ3n) is 6.73. The zero-order valence-corrected chi connectivity index (χ0v) is 20.7. The van der Waals surface area contributed by atoms with Crippen molar-refractivity contribution in [3.63, 3.8) is 0 Å². The van der Waals surface area contributed by atoms with Crippen LogP contribution in [0.25, 0.3) is 16.6 Å². The summed E-state index contributed by atoms with van der Waals surface area (Å²) in [4.78, 5) is 39.4. The van der Waals surface area contributed by atoms with Crippen molar-refractivity contribution < 1.29 is 23.5 Å². The number of carbonyl (C=O) groups excluding carboxylic acids is 3. The second kappa shape index (κ2) is 10.4. The number of nitrogens with one attached hydrogen (secondary N) is 1. The van der Waals surface area contributed by atoms with Crippen LogP contribution in [-0.4, -0.2) is 58.7 Å². The van der Waals surface area contributed by atoms with Gasteiger partial charge in [0.2, 0.25) is 0 Å². The van der Waals surface area contributed by atoms with Crippen molar-refractivity contribution in [1.82, 2.24) is 19.8 Å². The number of nitrogens with zero attached hydrogens (tertiary/aromatic N) is 3. The molecule has 0 atom stereocenters. The maximum absolute atomic E-state index is 14.5. The third kappa shape index (κ3) is 4.73. The van der Waals surface area contributed by atoms with E-state index in [1.807, 2.05) is 36.4 Å². The minimum absolute atomic E-state index is 0.000591. The number of aromatic nitrogens is 2. The number of nitrogens with two attached hydrogens (primary N) is 1. The molecule has 10 heteroatoms. The zero-order chi connectivity index (χ0) is 26.8. The molecule has 0 spiro atoms. The van der Waals surface area contributed by atoms with Crippen LogP contribution in [0, 0.1) is 12.7 Å². The minimum Gasteiger partial charge on any atom is -0.373 e. The van der Waals surface area contributed by atoms with Gasteiger partial charge in [-0.3, -0.25) is 4.79 Å². The number of fused-ring (bicyclic) bond motifs is 1. The van der Waals surface area contributed by atoms with Crippen LogP contribution < -0.4 is 11.1 Å². The fraction of sp³-hybridized carbons (Fsp3) is 0.214. The Morgan fingerprint density at radius 3 is 2.53 bits per heavy atom. The Hall–Kier alpha value is -4.57. The average Bonchev–Trinajstić information content (AvgIpc) is 3.24. The number of rotatable bonds is 5. The van der Waals surface area contributed by atoms with Gasteiger partial charge < -0.3 is 20.7 Å². The molecule has 0 aliphatic carbocycles. The number of hydrogen-bond acceptors (Lipinski definition) is 6. The van der Waals surface area contributed by atoms with Crippen LogP contribution in [0.5, 0.6) is 0 Å². The molecular weight excluding hydrogens is 489 g/mol. The number of benzene rings is 2. The van der Waals surface area contributed by atoms with E-state index in [2.05, 4.69) is 15.2 Å². The van der Waals surface area contributed by atoms with E-state index < -0.39 is 12.1 Å². The number of carbonyl (C=O) groups is 3. The lowest BCUT2D eigenvalue weighted by molar-refractivity contribution is 0.0637. The van der Waals surface area contributed by atoms with Gasteiger partial charge in [0.05, 0.1) is 17.3 Å². The second-order valence-electron chi connectivity index (χ2n) is 9.06. The fourth-order valence-electron chi connectivity index (χ4n) is 4.82. The van der Waals surface area contributed by atoms with E-state index in [1.165, 1.54) is 22.8 Å². The molecule has 1 fully saturated rings. The van der Waals surface area contributed by atoms with E-state index in [0.29, 0.717) is 54.1 Å². The van der Waals surface area contributed by atoms with Gasteiger partial charge in [-0.1, -0.05) is 42.5 Å². The molecule has 0 unspecified atom stereocenters.